The second-order valence-corrected chi connectivity index (χ2v) is 5.52. The van der Waals surface area contributed by atoms with Gasteiger partial charge in [-0.05, 0) is 37.5 Å². The molecule has 0 spiro atoms. The molecule has 24 heavy (non-hydrogen) atoms. The first kappa shape index (κ1) is 10.2. The zero-order valence-electron chi connectivity index (χ0n) is 18.9. The molecule has 0 aliphatic carbocycles. The molecule has 6 heteroatoms. The van der Waals surface area contributed by atoms with Crippen molar-refractivity contribution in [3.8, 4) is 0 Å². The highest BCUT2D eigenvalue weighted by molar-refractivity contribution is 6.26. The van der Waals surface area contributed by atoms with E-state index in [1.54, 1.807) is 18.2 Å². The zero-order valence-corrected chi connectivity index (χ0v) is 12.9. The number of likely N-dealkylation sites (N-methyl/N-ethyl adjacent to an activating group) is 1. The number of nitrogens with one attached hydrogen (secondary N) is 1. The van der Waals surface area contributed by atoms with Crippen molar-refractivity contribution in [1.29, 1.82) is 0 Å². The Balaban J connectivity index is 2.00. The van der Waals surface area contributed by atoms with Crippen LogP contribution in [0.4, 0.5) is 5.69 Å². The second-order valence-electron chi connectivity index (χ2n) is 5.52. The Bertz CT molecular complexity index is 1030. The van der Waals surface area contributed by atoms with Gasteiger partial charge in [0.05, 0.1) is 5.56 Å². The number of nitrogens with zero attached hydrogens (tertiary/aromatic N) is 2. The van der Waals surface area contributed by atoms with Gasteiger partial charge in [-0.25, -0.2) is 0 Å². The molecule has 3 amide bonds. The van der Waals surface area contributed by atoms with E-state index in [-0.39, 0.29) is 17.0 Å². The molecular weight excluding hydrogens is 306 g/mol. The maximum absolute atomic E-state index is 13.1. The van der Waals surface area contributed by atoms with Crippen molar-refractivity contribution >= 4 is 34.2 Å². The van der Waals surface area contributed by atoms with Crippen LogP contribution in [0.15, 0.2) is 30.3 Å². The molecule has 124 valence electrons. The molecule has 1 heterocycles. The molecule has 0 fully saturated rings. The van der Waals surface area contributed by atoms with Crippen molar-refractivity contribution in [2.24, 2.45) is 0 Å². The quantitative estimate of drug-likeness (QED) is 0.870. The molecule has 6 nitrogen and oxygen atoms in total. The van der Waals surface area contributed by atoms with E-state index in [1.165, 1.54) is 19.1 Å². The molecule has 0 saturated carbocycles. The van der Waals surface area contributed by atoms with Crippen LogP contribution in [0.5, 0.6) is 0 Å². The third-order valence-electron chi connectivity index (χ3n) is 3.80. The summed E-state index contributed by atoms with van der Waals surface area (Å²) in [6.07, 6.45) is 0. The van der Waals surface area contributed by atoms with Gasteiger partial charge in [-0.3, -0.25) is 19.3 Å². The van der Waals surface area contributed by atoms with Crippen LogP contribution in [0, 0.1) is 0 Å². The topological polar surface area (TPSA) is 69.7 Å². The Morgan fingerprint density at radius 3 is 2.67 bits per heavy atom. The number of anilines is 1. The Morgan fingerprint density at radius 2 is 1.96 bits per heavy atom. The average molecular weight is 331 g/mol. The van der Waals surface area contributed by atoms with Crippen LogP contribution in [-0.2, 0) is 4.79 Å². The normalized spacial score (nSPS) is 18.5. The number of carbonyl (C=O) groups is 3. The lowest BCUT2D eigenvalue weighted by atomic mass is 9.93. The highest BCUT2D eigenvalue weighted by Crippen LogP contribution is 2.32. The highest BCUT2D eigenvalue weighted by atomic mass is 16.2. The third kappa shape index (κ3) is 2.76. The van der Waals surface area contributed by atoms with Gasteiger partial charge in [-0.1, -0.05) is 12.1 Å². The number of carbonyl (C=O) groups excluding carboxylic acids is 3. The lowest BCUT2D eigenvalue weighted by Crippen LogP contribution is -2.43. The summed E-state index contributed by atoms with van der Waals surface area (Å²) in [5.74, 6) is -1.66. The number of amides is 3. The fourth-order valence-corrected chi connectivity index (χ4v) is 2.84. The van der Waals surface area contributed by atoms with Gasteiger partial charge < -0.3 is 10.2 Å². The van der Waals surface area contributed by atoms with Crippen molar-refractivity contribution in [2.45, 2.75) is 6.92 Å². The highest BCUT2D eigenvalue weighted by Gasteiger charge is 2.32. The molecule has 0 bridgehead atoms. The summed E-state index contributed by atoms with van der Waals surface area (Å²) in [5, 5.41) is 3.62. The number of benzene rings is 2. The third-order valence-corrected chi connectivity index (χ3v) is 3.80. The molecular formula is C18H19N3O3. The molecule has 1 aliphatic rings. The van der Waals surface area contributed by atoms with Gasteiger partial charge in [0, 0.05) is 44.9 Å². The Kier molecular flexibility index (Phi) is 2.57. The predicted molar refractivity (Wildman–Crippen MR) is 92.2 cm³/mol. The smallest absolute Gasteiger partial charge is 0.261 e. The first-order chi connectivity index (χ1) is 13.8. The summed E-state index contributed by atoms with van der Waals surface area (Å²) in [5.41, 5.74) is 0.781. The predicted octanol–water partition coefficient (Wildman–Crippen LogP) is 1.96. The van der Waals surface area contributed by atoms with Crippen molar-refractivity contribution in [3.05, 3.63) is 41.5 Å². The van der Waals surface area contributed by atoms with Crippen molar-refractivity contribution in [2.75, 3.05) is 32.4 Å². The minimum atomic E-state index is -2.93. The molecule has 3 rings (SSSR count). The summed E-state index contributed by atoms with van der Waals surface area (Å²) >= 11 is 0. The monoisotopic (exact) mass is 331 g/mol. The number of imide groups is 1. The second kappa shape index (κ2) is 6.05. The minimum absolute atomic E-state index is 0.167. The first-order valence-electron chi connectivity index (χ1n) is 10.3. The summed E-state index contributed by atoms with van der Waals surface area (Å²) in [6.45, 7) is -5.51. The van der Waals surface area contributed by atoms with Crippen LogP contribution >= 0.6 is 0 Å². The summed E-state index contributed by atoms with van der Waals surface area (Å²) in [4.78, 5) is 38.5. The molecule has 0 atom stereocenters. The van der Waals surface area contributed by atoms with Crippen LogP contribution in [-0.4, -0.2) is 54.6 Å². The molecule has 2 aromatic rings. The van der Waals surface area contributed by atoms with E-state index in [0.29, 0.717) is 21.4 Å². The molecule has 0 aromatic heterocycles. The maximum Gasteiger partial charge on any atom is 0.261 e. The van der Waals surface area contributed by atoms with Gasteiger partial charge in [0.25, 0.3) is 11.8 Å². The van der Waals surface area contributed by atoms with Crippen LogP contribution in [0.1, 0.15) is 35.9 Å². The zero-order chi connectivity index (χ0) is 22.4. The Morgan fingerprint density at radius 1 is 1.21 bits per heavy atom. The fourth-order valence-electron chi connectivity index (χ4n) is 2.84. The van der Waals surface area contributed by atoms with Crippen LogP contribution in [0.2, 0.25) is 0 Å². The van der Waals surface area contributed by atoms with Gasteiger partial charge >= 0.3 is 0 Å². The molecule has 1 aliphatic heterocycles. The van der Waals surface area contributed by atoms with Crippen molar-refractivity contribution in [1.82, 2.24) is 9.80 Å². The Labute approximate surface area is 148 Å². The van der Waals surface area contributed by atoms with E-state index in [4.69, 9.17) is 8.22 Å². The molecule has 2 aromatic carbocycles. The van der Waals surface area contributed by atoms with Crippen LogP contribution in [0.3, 0.4) is 0 Å². The SMILES string of the molecule is [2H]C([2H])([2H])N(CCN1C(=O)c2cccc3cc(NC(C)=O)cc(c23)C1=O)C([2H])([2H])[2H]. The number of hydrogen-bond donors (Lipinski definition) is 1. The van der Waals surface area contributed by atoms with Gasteiger partial charge in [0.1, 0.15) is 0 Å². The lowest BCUT2D eigenvalue weighted by molar-refractivity contribution is -0.114. The summed E-state index contributed by atoms with van der Waals surface area (Å²) in [7, 11) is 0. The van der Waals surface area contributed by atoms with Gasteiger partial charge in [0.15, 0.2) is 0 Å². The van der Waals surface area contributed by atoms with Crippen LogP contribution in [0.25, 0.3) is 10.8 Å². The van der Waals surface area contributed by atoms with E-state index in [1.807, 2.05) is 0 Å². The van der Waals surface area contributed by atoms with Gasteiger partial charge in [-0.2, -0.15) is 0 Å². The largest absolute Gasteiger partial charge is 0.326 e. The molecule has 0 unspecified atom stereocenters. The van der Waals surface area contributed by atoms with Crippen LogP contribution < -0.4 is 5.32 Å². The van der Waals surface area contributed by atoms with Crippen molar-refractivity contribution < 1.29 is 22.6 Å². The summed E-state index contributed by atoms with van der Waals surface area (Å²) < 4.78 is 44.6. The van der Waals surface area contributed by atoms with E-state index < -0.39 is 38.9 Å². The van der Waals surface area contributed by atoms with E-state index in [2.05, 4.69) is 5.32 Å². The van der Waals surface area contributed by atoms with E-state index in [9.17, 15) is 14.4 Å². The maximum atomic E-state index is 13.1. The lowest BCUT2D eigenvalue weighted by Gasteiger charge is -2.28. The molecule has 1 N–H and O–H groups in total. The molecule has 0 saturated heterocycles. The van der Waals surface area contributed by atoms with Crippen molar-refractivity contribution in [3.63, 3.8) is 0 Å². The molecule has 0 radical (unpaired) electrons. The van der Waals surface area contributed by atoms with E-state index >= 15 is 0 Å². The van der Waals surface area contributed by atoms with Gasteiger partial charge in [-0.15, -0.1) is 0 Å². The average Bonchev–Trinajstić information content (AvgIpc) is 2.59. The number of rotatable bonds is 4. The van der Waals surface area contributed by atoms with Gasteiger partial charge in [0.2, 0.25) is 5.91 Å². The summed E-state index contributed by atoms with van der Waals surface area (Å²) in [6, 6.07) is 7.96. The standard InChI is InChI=1S/C18H19N3O3/c1-11(22)19-13-9-12-5-4-6-14-16(12)15(10-13)18(24)21(17(14)23)8-7-20(2)3/h4-6,9-10H,7-8H2,1-3H3,(H,19,22)/i2D3,3D3. The fraction of sp³-hybridized carbons (Fsp3) is 0.278. The Hall–Kier alpha value is -2.73. The van der Waals surface area contributed by atoms with E-state index in [0.717, 1.165) is 4.90 Å². The minimum Gasteiger partial charge on any atom is -0.326 e. The number of hydrogen-bond acceptors (Lipinski definition) is 4. The first-order valence-corrected chi connectivity index (χ1v) is 7.29.